The summed E-state index contributed by atoms with van der Waals surface area (Å²) in [6, 6.07) is 6.77. The van der Waals surface area contributed by atoms with Gasteiger partial charge in [-0.1, -0.05) is 30.3 Å². The molecule has 1 aliphatic carbocycles. The van der Waals surface area contributed by atoms with Gasteiger partial charge < -0.3 is 15.7 Å². The van der Waals surface area contributed by atoms with E-state index in [-0.39, 0.29) is 30.3 Å². The molecule has 4 rings (SSSR count). The minimum Gasteiger partial charge on any atom is -0.506 e. The second kappa shape index (κ2) is 7.36. The molecule has 1 aliphatic heterocycles. The third-order valence-electron chi connectivity index (χ3n) is 5.17. The standard InChI is InChI=1S/C19H22N4O3S/c20-10-17(25)22-9-8-14-13(11-22)18(26)23(15-6-1-2-7-16(15)24)19(21-14)27-12-4-3-5-12/h1-2,6-7,12,24H,3-5,8-11,20H2. The van der Waals surface area contributed by atoms with Crippen LogP contribution in [0.25, 0.3) is 5.69 Å². The third-order valence-corrected chi connectivity index (χ3v) is 6.46. The number of phenols is 1. The van der Waals surface area contributed by atoms with Crippen LogP contribution in [0.3, 0.4) is 0 Å². The van der Waals surface area contributed by atoms with E-state index in [1.807, 2.05) is 0 Å². The van der Waals surface area contributed by atoms with Crippen molar-refractivity contribution in [3.8, 4) is 11.4 Å². The Morgan fingerprint density at radius 3 is 2.78 bits per heavy atom. The van der Waals surface area contributed by atoms with Crippen LogP contribution in [0.2, 0.25) is 0 Å². The minimum atomic E-state index is -0.224. The molecule has 8 heteroatoms. The number of para-hydroxylation sites is 2. The van der Waals surface area contributed by atoms with Crippen LogP contribution in [0.15, 0.2) is 34.2 Å². The molecule has 1 fully saturated rings. The maximum atomic E-state index is 13.4. The first-order valence-corrected chi connectivity index (χ1v) is 10.0. The summed E-state index contributed by atoms with van der Waals surface area (Å²) in [6.45, 7) is 0.648. The molecule has 0 bridgehead atoms. The number of carbonyl (C=O) groups is 1. The van der Waals surface area contributed by atoms with Crippen molar-refractivity contribution in [1.29, 1.82) is 0 Å². The van der Waals surface area contributed by atoms with Crippen molar-refractivity contribution in [3.05, 3.63) is 45.9 Å². The molecule has 0 radical (unpaired) electrons. The summed E-state index contributed by atoms with van der Waals surface area (Å²) in [5, 5.41) is 11.4. The van der Waals surface area contributed by atoms with Gasteiger partial charge in [0.1, 0.15) is 5.75 Å². The van der Waals surface area contributed by atoms with E-state index in [0.717, 1.165) is 18.5 Å². The lowest BCUT2D eigenvalue weighted by atomic mass is 10.0. The van der Waals surface area contributed by atoms with Crippen LogP contribution in [0.1, 0.15) is 30.5 Å². The number of fused-ring (bicyclic) bond motifs is 1. The molecule has 1 amide bonds. The van der Waals surface area contributed by atoms with Gasteiger partial charge in [0.05, 0.1) is 30.0 Å². The summed E-state index contributed by atoms with van der Waals surface area (Å²) in [6.07, 6.45) is 3.95. The number of thioether (sulfide) groups is 1. The van der Waals surface area contributed by atoms with Crippen LogP contribution in [0.4, 0.5) is 0 Å². The van der Waals surface area contributed by atoms with Crippen molar-refractivity contribution < 1.29 is 9.90 Å². The highest BCUT2D eigenvalue weighted by Gasteiger charge is 2.29. The molecule has 0 saturated heterocycles. The maximum Gasteiger partial charge on any atom is 0.264 e. The number of nitrogens with two attached hydrogens (primary N) is 1. The highest BCUT2D eigenvalue weighted by atomic mass is 32.2. The number of aromatic hydroxyl groups is 1. The van der Waals surface area contributed by atoms with Gasteiger partial charge in [0, 0.05) is 18.2 Å². The molecule has 1 saturated carbocycles. The van der Waals surface area contributed by atoms with Gasteiger partial charge in [0.15, 0.2) is 5.16 Å². The van der Waals surface area contributed by atoms with Crippen molar-refractivity contribution in [1.82, 2.24) is 14.5 Å². The first kappa shape index (κ1) is 18.1. The third kappa shape index (κ3) is 3.35. The monoisotopic (exact) mass is 386 g/mol. The number of benzene rings is 1. The summed E-state index contributed by atoms with van der Waals surface area (Å²) in [5.74, 6) is -0.149. The molecule has 7 nitrogen and oxygen atoms in total. The Kier molecular flexibility index (Phi) is 4.92. The Bertz CT molecular complexity index is 939. The van der Waals surface area contributed by atoms with E-state index in [1.165, 1.54) is 11.0 Å². The molecule has 27 heavy (non-hydrogen) atoms. The Morgan fingerprint density at radius 2 is 2.11 bits per heavy atom. The fourth-order valence-electron chi connectivity index (χ4n) is 3.38. The molecule has 2 aliphatic rings. The molecular formula is C19H22N4O3S. The first-order valence-electron chi connectivity index (χ1n) is 9.16. The zero-order chi connectivity index (χ0) is 19.0. The van der Waals surface area contributed by atoms with Crippen LogP contribution in [-0.2, 0) is 17.8 Å². The smallest absolute Gasteiger partial charge is 0.264 e. The average molecular weight is 386 g/mol. The molecule has 142 valence electrons. The second-order valence-corrected chi connectivity index (χ2v) is 8.16. The number of hydrogen-bond acceptors (Lipinski definition) is 6. The maximum absolute atomic E-state index is 13.4. The second-order valence-electron chi connectivity index (χ2n) is 6.89. The molecule has 3 N–H and O–H groups in total. The topological polar surface area (TPSA) is 101 Å². The number of carbonyl (C=O) groups excluding carboxylic acids is 1. The van der Waals surface area contributed by atoms with Crippen molar-refractivity contribution in [2.75, 3.05) is 13.1 Å². The highest BCUT2D eigenvalue weighted by Crippen LogP contribution is 2.37. The molecular weight excluding hydrogens is 364 g/mol. The Labute approximate surface area is 161 Å². The van der Waals surface area contributed by atoms with Gasteiger partial charge in [0.2, 0.25) is 5.91 Å². The van der Waals surface area contributed by atoms with Crippen molar-refractivity contribution >= 4 is 17.7 Å². The zero-order valence-corrected chi connectivity index (χ0v) is 15.7. The molecule has 0 spiro atoms. The number of amides is 1. The van der Waals surface area contributed by atoms with Crippen LogP contribution < -0.4 is 11.3 Å². The van der Waals surface area contributed by atoms with Gasteiger partial charge >= 0.3 is 0 Å². The summed E-state index contributed by atoms with van der Waals surface area (Å²) < 4.78 is 1.49. The van der Waals surface area contributed by atoms with Gasteiger partial charge in [-0.25, -0.2) is 4.98 Å². The summed E-state index contributed by atoms with van der Waals surface area (Å²) in [4.78, 5) is 31.7. The molecule has 0 unspecified atom stereocenters. The van der Waals surface area contributed by atoms with E-state index in [1.54, 1.807) is 40.9 Å². The van der Waals surface area contributed by atoms with E-state index in [2.05, 4.69) is 0 Å². The molecule has 1 aromatic heterocycles. The van der Waals surface area contributed by atoms with Gasteiger partial charge in [0.25, 0.3) is 5.56 Å². The Balaban J connectivity index is 1.83. The molecule has 1 aromatic carbocycles. The number of phenolic OH excluding ortho intramolecular Hbond substituents is 1. The summed E-state index contributed by atoms with van der Waals surface area (Å²) >= 11 is 1.60. The minimum absolute atomic E-state index is 0.0301. The fraction of sp³-hybridized carbons (Fsp3) is 0.421. The van der Waals surface area contributed by atoms with Crippen molar-refractivity contribution in [3.63, 3.8) is 0 Å². The van der Waals surface area contributed by atoms with Gasteiger partial charge in [-0.3, -0.25) is 14.2 Å². The molecule has 2 aromatic rings. The van der Waals surface area contributed by atoms with Crippen LogP contribution in [0.5, 0.6) is 5.75 Å². The van der Waals surface area contributed by atoms with E-state index < -0.39 is 0 Å². The Hall–Kier alpha value is -2.32. The summed E-state index contributed by atoms with van der Waals surface area (Å²) in [7, 11) is 0. The van der Waals surface area contributed by atoms with Gasteiger partial charge in [-0.15, -0.1) is 0 Å². The molecule has 2 heterocycles. The predicted molar refractivity (Wildman–Crippen MR) is 103 cm³/mol. The lowest BCUT2D eigenvalue weighted by Gasteiger charge is -2.30. The van der Waals surface area contributed by atoms with Crippen molar-refractivity contribution in [2.45, 2.75) is 42.6 Å². The normalized spacial score (nSPS) is 16.7. The predicted octanol–water partition coefficient (Wildman–Crippen LogP) is 1.43. The van der Waals surface area contributed by atoms with E-state index >= 15 is 0 Å². The largest absolute Gasteiger partial charge is 0.506 e. The number of hydrogen-bond donors (Lipinski definition) is 2. The Morgan fingerprint density at radius 1 is 1.33 bits per heavy atom. The molecule has 0 atom stereocenters. The highest BCUT2D eigenvalue weighted by molar-refractivity contribution is 7.99. The van der Waals surface area contributed by atoms with Gasteiger partial charge in [-0.2, -0.15) is 0 Å². The van der Waals surface area contributed by atoms with E-state index in [4.69, 9.17) is 10.7 Å². The number of nitrogens with zero attached hydrogens (tertiary/aromatic N) is 3. The van der Waals surface area contributed by atoms with E-state index in [9.17, 15) is 14.7 Å². The average Bonchev–Trinajstić information content (AvgIpc) is 2.65. The number of rotatable bonds is 4. The summed E-state index contributed by atoms with van der Waals surface area (Å²) in [5.41, 5.74) is 6.92. The van der Waals surface area contributed by atoms with Crippen molar-refractivity contribution in [2.24, 2.45) is 5.73 Å². The lowest BCUT2D eigenvalue weighted by molar-refractivity contribution is -0.130. The van der Waals surface area contributed by atoms with Crippen LogP contribution in [0, 0.1) is 0 Å². The zero-order valence-electron chi connectivity index (χ0n) is 14.9. The van der Waals surface area contributed by atoms with Crippen LogP contribution >= 0.6 is 11.8 Å². The first-order chi connectivity index (χ1) is 13.1. The number of aromatic nitrogens is 2. The quantitative estimate of drug-likeness (QED) is 0.771. The van der Waals surface area contributed by atoms with E-state index in [0.29, 0.717) is 34.6 Å². The van der Waals surface area contributed by atoms with Gasteiger partial charge in [-0.05, 0) is 25.0 Å². The lowest BCUT2D eigenvalue weighted by Crippen LogP contribution is -2.43. The fourth-order valence-corrected chi connectivity index (χ4v) is 4.70. The van der Waals surface area contributed by atoms with Crippen LogP contribution in [-0.4, -0.2) is 43.8 Å². The SMILES string of the molecule is NCC(=O)N1CCc2nc(SC3CCC3)n(-c3ccccc3O)c(=O)c2C1.